The normalized spacial score (nSPS) is 12.5. The van der Waals surface area contributed by atoms with E-state index in [0.29, 0.717) is 0 Å². The average molecular weight is 335 g/mol. The number of halogens is 4. The molecule has 1 heterocycles. The maximum Gasteiger partial charge on any atom is 0.146 e. The van der Waals surface area contributed by atoms with E-state index < -0.39 is 23.3 Å². The molecule has 6 heteroatoms. The SMILES string of the molecule is OC(c1ccc(Cl)nc1)c1c(F)ccc(Br)c1F. The summed E-state index contributed by atoms with van der Waals surface area (Å²) in [4.78, 5) is 3.76. The Kier molecular flexibility index (Phi) is 3.94. The molecule has 0 spiro atoms. The molecule has 94 valence electrons. The van der Waals surface area contributed by atoms with Crippen LogP contribution in [0.5, 0.6) is 0 Å². The highest BCUT2D eigenvalue weighted by atomic mass is 79.9. The van der Waals surface area contributed by atoms with E-state index >= 15 is 0 Å². The van der Waals surface area contributed by atoms with Gasteiger partial charge in [-0.25, -0.2) is 13.8 Å². The molecule has 0 bridgehead atoms. The molecule has 18 heavy (non-hydrogen) atoms. The van der Waals surface area contributed by atoms with Crippen LogP contribution in [0.15, 0.2) is 34.9 Å². The molecule has 0 radical (unpaired) electrons. The van der Waals surface area contributed by atoms with Gasteiger partial charge in [-0.3, -0.25) is 0 Å². The lowest BCUT2D eigenvalue weighted by Gasteiger charge is -2.13. The van der Waals surface area contributed by atoms with Gasteiger partial charge in [-0.05, 0) is 34.1 Å². The third-order valence-electron chi connectivity index (χ3n) is 2.42. The van der Waals surface area contributed by atoms with Crippen LogP contribution in [0.1, 0.15) is 17.2 Å². The van der Waals surface area contributed by atoms with Gasteiger partial charge in [-0.1, -0.05) is 17.7 Å². The maximum atomic E-state index is 13.8. The molecule has 0 saturated carbocycles. The van der Waals surface area contributed by atoms with Crippen LogP contribution in [0.4, 0.5) is 8.78 Å². The van der Waals surface area contributed by atoms with E-state index in [1.807, 2.05) is 0 Å². The molecule has 1 atom stereocenters. The molecule has 0 saturated heterocycles. The van der Waals surface area contributed by atoms with Gasteiger partial charge in [0.15, 0.2) is 0 Å². The lowest BCUT2D eigenvalue weighted by atomic mass is 10.0. The molecule has 1 aromatic carbocycles. The summed E-state index contributed by atoms with van der Waals surface area (Å²) >= 11 is 8.54. The fourth-order valence-corrected chi connectivity index (χ4v) is 1.97. The van der Waals surface area contributed by atoms with Crippen LogP contribution in [-0.4, -0.2) is 10.1 Å². The fourth-order valence-electron chi connectivity index (χ4n) is 1.51. The molecule has 1 unspecified atom stereocenters. The van der Waals surface area contributed by atoms with Crippen molar-refractivity contribution in [3.05, 3.63) is 62.8 Å². The minimum absolute atomic E-state index is 0.0832. The monoisotopic (exact) mass is 333 g/mol. The summed E-state index contributed by atoms with van der Waals surface area (Å²) in [5.41, 5.74) is -0.163. The average Bonchev–Trinajstić information content (AvgIpc) is 2.35. The summed E-state index contributed by atoms with van der Waals surface area (Å²) in [7, 11) is 0. The van der Waals surface area contributed by atoms with E-state index in [9.17, 15) is 13.9 Å². The van der Waals surface area contributed by atoms with Crippen LogP contribution in [0.2, 0.25) is 5.15 Å². The second-order valence-corrected chi connectivity index (χ2v) is 4.82. The first-order valence-corrected chi connectivity index (χ1v) is 6.10. The Labute approximate surface area is 115 Å². The maximum absolute atomic E-state index is 13.8. The molecule has 0 aliphatic heterocycles. The number of nitrogens with zero attached hydrogens (tertiary/aromatic N) is 1. The second-order valence-electron chi connectivity index (χ2n) is 3.57. The van der Waals surface area contributed by atoms with Gasteiger partial charge in [-0.15, -0.1) is 0 Å². The quantitative estimate of drug-likeness (QED) is 0.668. The van der Waals surface area contributed by atoms with Gasteiger partial charge < -0.3 is 5.11 Å². The van der Waals surface area contributed by atoms with E-state index in [4.69, 9.17) is 11.6 Å². The predicted molar refractivity (Wildman–Crippen MR) is 67.4 cm³/mol. The number of aliphatic hydroxyl groups excluding tert-OH is 1. The minimum Gasteiger partial charge on any atom is -0.383 e. The van der Waals surface area contributed by atoms with Crippen molar-refractivity contribution < 1.29 is 13.9 Å². The Morgan fingerprint density at radius 3 is 2.56 bits per heavy atom. The highest BCUT2D eigenvalue weighted by molar-refractivity contribution is 9.10. The molecule has 1 N–H and O–H groups in total. The number of aromatic nitrogens is 1. The molecule has 2 nitrogen and oxygen atoms in total. The van der Waals surface area contributed by atoms with Gasteiger partial charge in [-0.2, -0.15) is 0 Å². The summed E-state index contributed by atoms with van der Waals surface area (Å²) < 4.78 is 27.4. The van der Waals surface area contributed by atoms with Gasteiger partial charge in [0.1, 0.15) is 22.9 Å². The third kappa shape index (κ3) is 2.53. The first-order chi connectivity index (χ1) is 8.50. The van der Waals surface area contributed by atoms with Gasteiger partial charge >= 0.3 is 0 Å². The number of aliphatic hydroxyl groups is 1. The zero-order chi connectivity index (χ0) is 13.3. The predicted octanol–water partition coefficient (Wildman–Crippen LogP) is 3.86. The molecular formula is C12H7BrClF2NO. The molecule has 2 aromatic rings. The van der Waals surface area contributed by atoms with Crippen LogP contribution in [0.25, 0.3) is 0 Å². The highest BCUT2D eigenvalue weighted by Gasteiger charge is 2.21. The van der Waals surface area contributed by atoms with Crippen molar-refractivity contribution >= 4 is 27.5 Å². The molecular weight excluding hydrogens is 327 g/mol. The summed E-state index contributed by atoms with van der Waals surface area (Å²) in [6.45, 7) is 0. The number of hydrogen-bond donors (Lipinski definition) is 1. The van der Waals surface area contributed by atoms with Gasteiger partial charge in [0.25, 0.3) is 0 Å². The first kappa shape index (κ1) is 13.4. The first-order valence-electron chi connectivity index (χ1n) is 4.93. The van der Waals surface area contributed by atoms with Crippen LogP contribution in [0.3, 0.4) is 0 Å². The minimum atomic E-state index is -1.44. The number of rotatable bonds is 2. The number of pyridine rings is 1. The van der Waals surface area contributed by atoms with Crippen LogP contribution in [-0.2, 0) is 0 Å². The standard InChI is InChI=1S/C12H7BrClF2NO/c13-7-2-3-8(15)10(11(7)16)12(18)6-1-4-9(14)17-5-6/h1-5,12,18H. The lowest BCUT2D eigenvalue weighted by molar-refractivity contribution is 0.208. The van der Waals surface area contributed by atoms with E-state index in [2.05, 4.69) is 20.9 Å². The van der Waals surface area contributed by atoms with Gasteiger partial charge in [0.05, 0.1) is 10.0 Å². The molecule has 0 fully saturated rings. The number of benzene rings is 1. The Morgan fingerprint density at radius 2 is 1.94 bits per heavy atom. The molecule has 0 aliphatic carbocycles. The van der Waals surface area contributed by atoms with E-state index in [1.54, 1.807) is 0 Å². The Morgan fingerprint density at radius 1 is 1.22 bits per heavy atom. The van der Waals surface area contributed by atoms with Crippen molar-refractivity contribution in [1.29, 1.82) is 0 Å². The van der Waals surface area contributed by atoms with Crippen molar-refractivity contribution in [2.24, 2.45) is 0 Å². The van der Waals surface area contributed by atoms with E-state index in [1.165, 1.54) is 24.4 Å². The molecule has 2 rings (SSSR count). The van der Waals surface area contributed by atoms with Crippen molar-refractivity contribution in [2.75, 3.05) is 0 Å². The molecule has 0 amide bonds. The Balaban J connectivity index is 2.49. The second kappa shape index (κ2) is 5.30. The summed E-state index contributed by atoms with van der Waals surface area (Å²) in [5.74, 6) is -1.66. The van der Waals surface area contributed by atoms with Crippen molar-refractivity contribution in [3.63, 3.8) is 0 Å². The molecule has 1 aromatic heterocycles. The Hall–Kier alpha value is -1.04. The smallest absolute Gasteiger partial charge is 0.146 e. The van der Waals surface area contributed by atoms with E-state index in [0.717, 1.165) is 6.07 Å². The number of hydrogen-bond acceptors (Lipinski definition) is 2. The van der Waals surface area contributed by atoms with E-state index in [-0.39, 0.29) is 15.2 Å². The fraction of sp³-hybridized carbons (Fsp3) is 0.0833. The summed E-state index contributed by atoms with van der Waals surface area (Å²) in [6.07, 6.45) is -0.167. The van der Waals surface area contributed by atoms with Crippen LogP contribution < -0.4 is 0 Å². The van der Waals surface area contributed by atoms with Crippen molar-refractivity contribution in [1.82, 2.24) is 4.98 Å². The molecule has 0 aliphatic rings. The van der Waals surface area contributed by atoms with Crippen LogP contribution in [0, 0.1) is 11.6 Å². The zero-order valence-corrected chi connectivity index (χ0v) is 11.2. The third-order valence-corrected chi connectivity index (χ3v) is 3.25. The zero-order valence-electron chi connectivity index (χ0n) is 8.87. The van der Waals surface area contributed by atoms with Crippen molar-refractivity contribution in [3.8, 4) is 0 Å². The lowest BCUT2D eigenvalue weighted by Crippen LogP contribution is -2.06. The van der Waals surface area contributed by atoms with Gasteiger partial charge in [0.2, 0.25) is 0 Å². The van der Waals surface area contributed by atoms with Gasteiger partial charge in [0, 0.05) is 11.8 Å². The summed E-state index contributed by atoms with van der Waals surface area (Å²) in [6, 6.07) is 5.21. The van der Waals surface area contributed by atoms with Crippen LogP contribution >= 0.6 is 27.5 Å². The summed E-state index contributed by atoms with van der Waals surface area (Å²) in [5, 5.41) is 10.2. The Bertz CT molecular complexity index is 577. The van der Waals surface area contributed by atoms with Crippen molar-refractivity contribution in [2.45, 2.75) is 6.10 Å². The highest BCUT2D eigenvalue weighted by Crippen LogP contribution is 2.30. The largest absolute Gasteiger partial charge is 0.383 e. The topological polar surface area (TPSA) is 33.1 Å².